The van der Waals surface area contributed by atoms with Crippen LogP contribution in [0.3, 0.4) is 0 Å². The maximum absolute atomic E-state index is 13.7. The number of nitrogens with one attached hydrogen (secondary N) is 1. The van der Waals surface area contributed by atoms with E-state index in [1.165, 1.54) is 0 Å². The van der Waals surface area contributed by atoms with Gasteiger partial charge >= 0.3 is 0 Å². The molecule has 7 nitrogen and oxygen atoms in total. The number of ether oxygens (including phenoxy) is 1. The molecule has 2 aromatic carbocycles. The third-order valence-electron chi connectivity index (χ3n) is 6.54. The summed E-state index contributed by atoms with van der Waals surface area (Å²) in [6.45, 7) is 7.06. The molecular formula is C31H44N2O5S. The third kappa shape index (κ3) is 9.39. The van der Waals surface area contributed by atoms with E-state index >= 15 is 0 Å². The molecule has 0 radical (unpaired) electrons. The first-order valence-corrected chi connectivity index (χ1v) is 15.9. The lowest BCUT2D eigenvalue weighted by Gasteiger charge is -2.21. The zero-order valence-electron chi connectivity index (χ0n) is 25.7. The van der Waals surface area contributed by atoms with Gasteiger partial charge in [-0.1, -0.05) is 40.0 Å². The van der Waals surface area contributed by atoms with E-state index in [0.29, 0.717) is 52.3 Å². The average Bonchev–Trinajstić information content (AvgIpc) is 3.27. The number of hydrogen-bond acceptors (Lipinski definition) is 6. The molecule has 0 fully saturated rings. The Morgan fingerprint density at radius 1 is 0.949 bits per heavy atom. The van der Waals surface area contributed by atoms with Crippen LogP contribution in [0.5, 0.6) is 5.75 Å². The molecular weight excluding hydrogens is 512 g/mol. The van der Waals surface area contributed by atoms with Crippen molar-refractivity contribution in [2.75, 3.05) is 37.2 Å². The largest absolute Gasteiger partial charge is 0.494 e. The number of nitrogens with zero attached hydrogens (tertiary/aromatic N) is 1. The average molecular weight is 559 g/mol. The number of rotatable bonds is 18. The van der Waals surface area contributed by atoms with Crippen LogP contribution in [0.2, 0.25) is 0 Å². The Labute approximate surface area is 236 Å². The number of carbonyl (C=O) groups excluding carboxylic acids is 1. The molecule has 0 atom stereocenters. The summed E-state index contributed by atoms with van der Waals surface area (Å²) in [6, 6.07) is 11.4. The molecule has 0 aliphatic heterocycles. The molecule has 8 heteroatoms. The van der Waals surface area contributed by atoms with Crippen LogP contribution in [0.4, 0.5) is 5.69 Å². The highest BCUT2D eigenvalue weighted by molar-refractivity contribution is 7.92. The molecule has 1 aromatic heterocycles. The fourth-order valence-corrected chi connectivity index (χ4v) is 5.00. The van der Waals surface area contributed by atoms with Crippen LogP contribution in [-0.4, -0.2) is 51.5 Å². The van der Waals surface area contributed by atoms with E-state index in [-0.39, 0.29) is 12.2 Å². The molecule has 0 bridgehead atoms. The van der Waals surface area contributed by atoms with Gasteiger partial charge in [0.2, 0.25) is 10.0 Å². The summed E-state index contributed by atoms with van der Waals surface area (Å²) in [5, 5.41) is 0.544. The smallest absolute Gasteiger partial charge is 0.229 e. The quantitative estimate of drug-likeness (QED) is 0.168. The van der Waals surface area contributed by atoms with Gasteiger partial charge in [-0.15, -0.1) is 0 Å². The summed E-state index contributed by atoms with van der Waals surface area (Å²) in [7, 11) is -3.49. The molecule has 3 rings (SSSR count). The van der Waals surface area contributed by atoms with Gasteiger partial charge in [0, 0.05) is 29.6 Å². The predicted molar refractivity (Wildman–Crippen MR) is 160 cm³/mol. The van der Waals surface area contributed by atoms with Crippen molar-refractivity contribution < 1.29 is 25.1 Å². The molecule has 0 saturated heterocycles. The Morgan fingerprint density at radius 3 is 2.21 bits per heavy atom. The minimum Gasteiger partial charge on any atom is -0.494 e. The van der Waals surface area contributed by atoms with Crippen molar-refractivity contribution in [1.29, 1.82) is 0 Å². The normalized spacial score (nSPS) is 12.9. The molecule has 0 amide bonds. The van der Waals surface area contributed by atoms with Crippen LogP contribution < -0.4 is 9.46 Å². The number of fused-ring (bicyclic) bond motifs is 1. The van der Waals surface area contributed by atoms with Crippen molar-refractivity contribution >= 4 is 32.5 Å². The summed E-state index contributed by atoms with van der Waals surface area (Å²) < 4.78 is 54.6. The molecule has 39 heavy (non-hydrogen) atoms. The van der Waals surface area contributed by atoms with Crippen LogP contribution in [0.25, 0.3) is 11.0 Å². The molecule has 0 spiro atoms. The van der Waals surface area contributed by atoms with E-state index in [1.54, 1.807) is 42.5 Å². The Hall–Kier alpha value is -2.84. The minimum atomic E-state index is -3.49. The number of sulfonamides is 1. The van der Waals surface area contributed by atoms with Gasteiger partial charge in [0.15, 0.2) is 5.78 Å². The van der Waals surface area contributed by atoms with Gasteiger partial charge in [-0.2, -0.15) is 0 Å². The molecule has 1 N–H and O–H groups in total. The monoisotopic (exact) mass is 558 g/mol. The molecule has 0 aliphatic rings. The van der Waals surface area contributed by atoms with E-state index in [4.69, 9.17) is 11.9 Å². The van der Waals surface area contributed by atoms with Gasteiger partial charge in [0.05, 0.1) is 21.1 Å². The van der Waals surface area contributed by atoms with Crippen molar-refractivity contribution in [2.45, 2.75) is 72.1 Å². The van der Waals surface area contributed by atoms with Gasteiger partial charge in [-0.25, -0.2) is 8.42 Å². The van der Waals surface area contributed by atoms with Crippen molar-refractivity contribution in [1.82, 2.24) is 4.90 Å². The summed E-state index contributed by atoms with van der Waals surface area (Å²) in [4.78, 5) is 16.0. The molecule has 0 unspecified atom stereocenters. The molecule has 3 aromatic rings. The van der Waals surface area contributed by atoms with Crippen molar-refractivity contribution in [2.24, 2.45) is 0 Å². The lowest BCUT2D eigenvalue weighted by Crippen LogP contribution is -2.28. The lowest BCUT2D eigenvalue weighted by molar-refractivity contribution is 0.103. The molecule has 1 heterocycles. The van der Waals surface area contributed by atoms with Gasteiger partial charge in [0.25, 0.3) is 0 Å². The topological polar surface area (TPSA) is 88.8 Å². The second-order valence-corrected chi connectivity index (χ2v) is 11.7. The van der Waals surface area contributed by atoms with Crippen LogP contribution >= 0.6 is 0 Å². The first-order chi connectivity index (χ1) is 19.5. The molecule has 214 valence electrons. The summed E-state index contributed by atoms with van der Waals surface area (Å²) in [6.07, 6.45) is 8.04. The Morgan fingerprint density at radius 2 is 1.59 bits per heavy atom. The zero-order chi connectivity index (χ0) is 30.0. The minimum absolute atomic E-state index is 0.243. The number of ketones is 1. The number of carbonyl (C=O) groups is 1. The molecule has 0 saturated carbocycles. The van der Waals surface area contributed by atoms with Crippen LogP contribution in [0.1, 0.15) is 90.1 Å². The zero-order valence-corrected chi connectivity index (χ0v) is 24.5. The van der Waals surface area contributed by atoms with Crippen molar-refractivity contribution in [3.63, 3.8) is 0 Å². The highest BCUT2D eigenvalue weighted by Gasteiger charge is 2.22. The number of hydrogen-bond donors (Lipinski definition) is 1. The first kappa shape index (κ1) is 27.7. The van der Waals surface area contributed by atoms with Crippen molar-refractivity contribution in [3.05, 3.63) is 59.4 Å². The number of furan rings is 1. The van der Waals surface area contributed by atoms with Crippen molar-refractivity contribution in [3.8, 4) is 5.75 Å². The third-order valence-corrected chi connectivity index (χ3v) is 7.15. The maximum atomic E-state index is 13.7. The van der Waals surface area contributed by atoms with Gasteiger partial charge in [0.1, 0.15) is 17.1 Å². The highest BCUT2D eigenvalue weighted by Crippen LogP contribution is 2.32. The Balaban J connectivity index is 1.79. The van der Waals surface area contributed by atoms with Crippen LogP contribution in [0, 0.1) is 0 Å². The highest BCUT2D eigenvalue weighted by atomic mass is 32.2. The number of unbranched alkanes of at least 4 members (excludes halogenated alkanes) is 3. The number of aryl methyl sites for hydroxylation is 1. The number of benzene rings is 2. The fourth-order valence-electron chi connectivity index (χ4n) is 4.44. The second kappa shape index (κ2) is 15.1. The summed E-state index contributed by atoms with van der Waals surface area (Å²) in [5.41, 5.74) is 1.68. The lowest BCUT2D eigenvalue weighted by atomic mass is 9.98. The second-order valence-electron chi connectivity index (χ2n) is 9.99. The van der Waals surface area contributed by atoms with Gasteiger partial charge in [-0.05, 0) is 81.2 Å². The van der Waals surface area contributed by atoms with Gasteiger partial charge < -0.3 is 14.1 Å². The Bertz CT molecular complexity index is 1380. The maximum Gasteiger partial charge on any atom is 0.229 e. The predicted octanol–water partition coefficient (Wildman–Crippen LogP) is 7.05. The standard InChI is InChI=1S/C31H44N2O5S/c1-5-8-12-29-30(27-23-25(32-39(4,35)36)15-18-28(27)38-29)31(34)24-13-16-26(17-14-24)37-22-11-21-33(19-9-6-2)20-10-7-3/h13-18,23,32H,5-12,19-22H2,1-4H3/i22D2. The Kier molecular flexibility index (Phi) is 10.7. The van der Waals surface area contributed by atoms with Crippen LogP contribution in [0.15, 0.2) is 46.9 Å². The van der Waals surface area contributed by atoms with E-state index in [1.807, 2.05) is 0 Å². The molecule has 0 aliphatic carbocycles. The van der Waals surface area contributed by atoms with E-state index in [2.05, 4.69) is 30.4 Å². The summed E-state index contributed by atoms with van der Waals surface area (Å²) in [5.74, 6) is 0.669. The SMILES string of the molecule is [2H]C([2H])(CCN(CCCC)CCCC)Oc1ccc(C(=O)c2c(CCCC)oc3ccc(NS(C)(=O)=O)cc23)cc1. The van der Waals surface area contributed by atoms with E-state index in [9.17, 15) is 13.2 Å². The van der Waals surface area contributed by atoms with Gasteiger partial charge in [-0.3, -0.25) is 9.52 Å². The van der Waals surface area contributed by atoms with Crippen LogP contribution in [-0.2, 0) is 16.4 Å². The number of anilines is 1. The summed E-state index contributed by atoms with van der Waals surface area (Å²) >= 11 is 0. The first-order valence-electron chi connectivity index (χ1n) is 15.1. The fraction of sp³-hybridized carbons (Fsp3) is 0.516. The van der Waals surface area contributed by atoms with E-state index < -0.39 is 16.6 Å². The van der Waals surface area contributed by atoms with E-state index in [0.717, 1.165) is 57.9 Å².